The molecule has 0 aromatic heterocycles. The van der Waals surface area contributed by atoms with Gasteiger partial charge in [-0.3, -0.25) is 4.99 Å². The van der Waals surface area contributed by atoms with Crippen LogP contribution in [0.15, 0.2) is 53.5 Å². The zero-order valence-corrected chi connectivity index (χ0v) is 17.9. The molecule has 0 saturated heterocycles. The maximum atomic E-state index is 5.17. The van der Waals surface area contributed by atoms with Crippen LogP contribution in [-0.4, -0.2) is 40.3 Å². The SMILES string of the molecule is CN=C(NCCc1ccc(OC)cc1)NCCc1ccc(OC)cc1.I. The molecule has 0 fully saturated rings. The molecule has 2 N–H and O–H groups in total. The summed E-state index contributed by atoms with van der Waals surface area (Å²) < 4.78 is 10.3. The number of nitrogens with one attached hydrogen (secondary N) is 2. The van der Waals surface area contributed by atoms with E-state index >= 15 is 0 Å². The van der Waals surface area contributed by atoms with Crippen molar-refractivity contribution in [3.05, 3.63) is 59.7 Å². The number of hydrogen-bond acceptors (Lipinski definition) is 3. The zero-order chi connectivity index (χ0) is 17.9. The average Bonchev–Trinajstić information content (AvgIpc) is 2.67. The van der Waals surface area contributed by atoms with E-state index in [1.54, 1.807) is 21.3 Å². The number of nitrogens with zero attached hydrogens (tertiary/aromatic N) is 1. The van der Waals surface area contributed by atoms with Crippen LogP contribution in [0.5, 0.6) is 11.5 Å². The highest BCUT2D eigenvalue weighted by atomic mass is 127. The Kier molecular flexibility index (Phi) is 10.5. The first-order valence-corrected chi connectivity index (χ1v) is 8.45. The largest absolute Gasteiger partial charge is 0.497 e. The van der Waals surface area contributed by atoms with E-state index in [0.29, 0.717) is 0 Å². The molecule has 6 heteroatoms. The molecule has 0 heterocycles. The highest BCUT2D eigenvalue weighted by molar-refractivity contribution is 14.0. The molecule has 26 heavy (non-hydrogen) atoms. The van der Waals surface area contributed by atoms with Crippen molar-refractivity contribution >= 4 is 29.9 Å². The molecular formula is C20H28IN3O2. The van der Waals surface area contributed by atoms with E-state index in [4.69, 9.17) is 9.47 Å². The van der Waals surface area contributed by atoms with E-state index in [-0.39, 0.29) is 24.0 Å². The van der Waals surface area contributed by atoms with Crippen molar-refractivity contribution in [1.82, 2.24) is 10.6 Å². The quantitative estimate of drug-likeness (QED) is 0.354. The number of methoxy groups -OCH3 is 2. The summed E-state index contributed by atoms with van der Waals surface area (Å²) >= 11 is 0. The molecule has 2 aromatic rings. The number of guanidine groups is 1. The van der Waals surface area contributed by atoms with Crippen LogP contribution >= 0.6 is 24.0 Å². The second-order valence-electron chi connectivity index (χ2n) is 5.62. The molecule has 5 nitrogen and oxygen atoms in total. The number of aliphatic imine (C=N–C) groups is 1. The highest BCUT2D eigenvalue weighted by Gasteiger charge is 2.00. The standard InChI is InChI=1S/C20H27N3O2.HI/c1-21-20(22-14-12-16-4-8-18(24-2)9-5-16)23-15-13-17-6-10-19(25-3)11-7-17;/h4-11H,12-15H2,1-3H3,(H2,21,22,23);1H. The molecule has 2 aromatic carbocycles. The van der Waals surface area contributed by atoms with Gasteiger partial charge >= 0.3 is 0 Å². The Morgan fingerprint density at radius 2 is 1.15 bits per heavy atom. The Hall–Kier alpha value is -1.96. The Morgan fingerprint density at radius 1 is 0.769 bits per heavy atom. The van der Waals surface area contributed by atoms with E-state index in [9.17, 15) is 0 Å². The van der Waals surface area contributed by atoms with Crippen LogP contribution < -0.4 is 20.1 Å². The van der Waals surface area contributed by atoms with Crippen LogP contribution in [0, 0.1) is 0 Å². The third-order valence-electron chi connectivity index (χ3n) is 3.95. The van der Waals surface area contributed by atoms with Gasteiger partial charge in [0.15, 0.2) is 5.96 Å². The van der Waals surface area contributed by atoms with Gasteiger partial charge in [0.05, 0.1) is 14.2 Å². The molecule has 0 aliphatic carbocycles. The minimum Gasteiger partial charge on any atom is -0.497 e. The van der Waals surface area contributed by atoms with Gasteiger partial charge in [0.25, 0.3) is 0 Å². The van der Waals surface area contributed by atoms with Crippen LogP contribution in [0.25, 0.3) is 0 Å². The van der Waals surface area contributed by atoms with Crippen molar-refractivity contribution in [2.75, 3.05) is 34.4 Å². The summed E-state index contributed by atoms with van der Waals surface area (Å²) in [6.45, 7) is 1.66. The first-order chi connectivity index (χ1) is 12.2. The lowest BCUT2D eigenvalue weighted by molar-refractivity contribution is 0.414. The fourth-order valence-electron chi connectivity index (χ4n) is 2.46. The van der Waals surface area contributed by atoms with Crippen LogP contribution in [0.1, 0.15) is 11.1 Å². The van der Waals surface area contributed by atoms with Crippen molar-refractivity contribution in [1.29, 1.82) is 0 Å². The lowest BCUT2D eigenvalue weighted by Crippen LogP contribution is -2.39. The summed E-state index contributed by atoms with van der Waals surface area (Å²) in [6.07, 6.45) is 1.87. The van der Waals surface area contributed by atoms with Gasteiger partial charge in [0.1, 0.15) is 11.5 Å². The molecule has 0 aliphatic rings. The minimum absolute atomic E-state index is 0. The van der Waals surface area contributed by atoms with Crippen molar-refractivity contribution in [2.24, 2.45) is 4.99 Å². The molecule has 0 saturated carbocycles. The molecule has 0 atom stereocenters. The molecule has 0 spiro atoms. The van der Waals surface area contributed by atoms with E-state index in [1.165, 1.54) is 11.1 Å². The van der Waals surface area contributed by atoms with Gasteiger partial charge in [-0.2, -0.15) is 0 Å². The summed E-state index contributed by atoms with van der Waals surface area (Å²) in [7, 11) is 5.15. The third kappa shape index (κ3) is 7.51. The van der Waals surface area contributed by atoms with Gasteiger partial charge in [-0.25, -0.2) is 0 Å². The minimum atomic E-state index is 0. The molecule has 142 valence electrons. The first kappa shape index (κ1) is 22.1. The van der Waals surface area contributed by atoms with Crippen LogP contribution in [0.2, 0.25) is 0 Å². The lowest BCUT2D eigenvalue weighted by Gasteiger charge is -2.12. The van der Waals surface area contributed by atoms with Gasteiger partial charge in [-0.05, 0) is 48.2 Å². The predicted molar refractivity (Wildman–Crippen MR) is 118 cm³/mol. The molecule has 0 aliphatic heterocycles. The normalized spacial score (nSPS) is 9.65. The van der Waals surface area contributed by atoms with E-state index in [1.807, 2.05) is 24.3 Å². The molecular weight excluding hydrogens is 441 g/mol. The van der Waals surface area contributed by atoms with Gasteiger partial charge in [0, 0.05) is 20.1 Å². The first-order valence-electron chi connectivity index (χ1n) is 8.45. The summed E-state index contributed by atoms with van der Waals surface area (Å²) in [4.78, 5) is 4.26. The lowest BCUT2D eigenvalue weighted by atomic mass is 10.1. The van der Waals surface area contributed by atoms with Crippen molar-refractivity contribution in [3.8, 4) is 11.5 Å². The number of benzene rings is 2. The summed E-state index contributed by atoms with van der Waals surface area (Å²) in [5, 5.41) is 6.68. The Balaban J connectivity index is 0.00000338. The molecule has 0 unspecified atom stereocenters. The van der Waals surface area contributed by atoms with Crippen molar-refractivity contribution < 1.29 is 9.47 Å². The smallest absolute Gasteiger partial charge is 0.190 e. The topological polar surface area (TPSA) is 54.9 Å². The molecule has 0 radical (unpaired) electrons. The van der Waals surface area contributed by atoms with Gasteiger partial charge in [-0.15, -0.1) is 24.0 Å². The average molecular weight is 469 g/mol. The number of hydrogen-bond donors (Lipinski definition) is 2. The highest BCUT2D eigenvalue weighted by Crippen LogP contribution is 2.12. The zero-order valence-electron chi connectivity index (χ0n) is 15.6. The predicted octanol–water partition coefficient (Wildman–Crippen LogP) is 3.27. The number of halogens is 1. The maximum Gasteiger partial charge on any atom is 0.190 e. The number of rotatable bonds is 8. The summed E-state index contributed by atoms with van der Waals surface area (Å²) in [6, 6.07) is 16.3. The monoisotopic (exact) mass is 469 g/mol. The van der Waals surface area contributed by atoms with Crippen LogP contribution in [0.3, 0.4) is 0 Å². The molecule has 0 bridgehead atoms. The Labute approximate surface area is 173 Å². The van der Waals surface area contributed by atoms with Crippen LogP contribution in [0.4, 0.5) is 0 Å². The van der Waals surface area contributed by atoms with Gasteiger partial charge in [-0.1, -0.05) is 24.3 Å². The fourth-order valence-corrected chi connectivity index (χ4v) is 2.46. The van der Waals surface area contributed by atoms with Gasteiger partial charge < -0.3 is 20.1 Å². The maximum absolute atomic E-state index is 5.17. The van der Waals surface area contributed by atoms with Crippen molar-refractivity contribution in [3.63, 3.8) is 0 Å². The Morgan fingerprint density at radius 3 is 1.46 bits per heavy atom. The van der Waals surface area contributed by atoms with E-state index in [2.05, 4.69) is 39.9 Å². The molecule has 0 amide bonds. The third-order valence-corrected chi connectivity index (χ3v) is 3.95. The molecule has 2 rings (SSSR count). The van der Waals surface area contributed by atoms with Crippen LogP contribution in [-0.2, 0) is 12.8 Å². The van der Waals surface area contributed by atoms with E-state index < -0.39 is 0 Å². The second kappa shape index (κ2) is 12.4. The van der Waals surface area contributed by atoms with Gasteiger partial charge in [0.2, 0.25) is 0 Å². The number of ether oxygens (including phenoxy) is 2. The second-order valence-corrected chi connectivity index (χ2v) is 5.62. The van der Waals surface area contributed by atoms with E-state index in [0.717, 1.165) is 43.4 Å². The van der Waals surface area contributed by atoms with Crippen molar-refractivity contribution in [2.45, 2.75) is 12.8 Å². The summed E-state index contributed by atoms with van der Waals surface area (Å²) in [5.41, 5.74) is 2.53. The fraction of sp³-hybridized carbons (Fsp3) is 0.350. The summed E-state index contributed by atoms with van der Waals surface area (Å²) in [5.74, 6) is 2.59. The Bertz CT molecular complexity index is 602.